The largest absolute Gasteiger partial charge is 0.394 e. The Morgan fingerprint density at radius 3 is 2.83 bits per heavy atom. The molecular formula is C17H17N7O6. The van der Waals surface area contributed by atoms with Gasteiger partial charge in [-0.2, -0.15) is 0 Å². The molecule has 13 heteroatoms. The van der Waals surface area contributed by atoms with Crippen molar-refractivity contribution in [3.8, 4) is 0 Å². The van der Waals surface area contributed by atoms with Gasteiger partial charge >= 0.3 is 6.03 Å². The number of para-hydroxylation sites is 2. The summed E-state index contributed by atoms with van der Waals surface area (Å²) in [5.41, 5.74) is 0.391. The van der Waals surface area contributed by atoms with Crippen LogP contribution in [0.2, 0.25) is 0 Å². The van der Waals surface area contributed by atoms with Crippen LogP contribution in [0.4, 0.5) is 22.0 Å². The maximum absolute atomic E-state index is 12.4. The van der Waals surface area contributed by atoms with Gasteiger partial charge in [0.1, 0.15) is 24.3 Å². The molecule has 1 saturated heterocycles. The molecule has 0 aliphatic carbocycles. The number of nitro benzene ring substituents is 1. The lowest BCUT2D eigenvalue weighted by molar-refractivity contribution is -0.383. The van der Waals surface area contributed by atoms with Crippen LogP contribution in [0.25, 0.3) is 11.2 Å². The van der Waals surface area contributed by atoms with Crippen LogP contribution in [0.3, 0.4) is 0 Å². The molecule has 1 aromatic carbocycles. The molecule has 2 aromatic heterocycles. The van der Waals surface area contributed by atoms with Crippen molar-refractivity contribution in [2.24, 2.45) is 0 Å². The molecular weight excluding hydrogens is 398 g/mol. The molecule has 3 atom stereocenters. The van der Waals surface area contributed by atoms with E-state index in [-0.39, 0.29) is 35.7 Å². The summed E-state index contributed by atoms with van der Waals surface area (Å²) in [5.74, 6) is 0.0899. The van der Waals surface area contributed by atoms with E-state index in [4.69, 9.17) is 4.74 Å². The van der Waals surface area contributed by atoms with Gasteiger partial charge in [0.2, 0.25) is 0 Å². The number of nitrogens with one attached hydrogen (secondary N) is 2. The third kappa shape index (κ3) is 3.63. The topological polar surface area (TPSA) is 178 Å². The molecule has 156 valence electrons. The number of nitro groups is 1. The van der Waals surface area contributed by atoms with Crippen molar-refractivity contribution >= 4 is 34.4 Å². The molecule has 1 aliphatic heterocycles. The number of amides is 2. The van der Waals surface area contributed by atoms with Crippen LogP contribution >= 0.6 is 0 Å². The number of ether oxygens (including phenoxy) is 1. The van der Waals surface area contributed by atoms with Gasteiger partial charge in [0.15, 0.2) is 17.0 Å². The van der Waals surface area contributed by atoms with Gasteiger partial charge in [-0.15, -0.1) is 0 Å². The van der Waals surface area contributed by atoms with Crippen molar-refractivity contribution in [3.05, 3.63) is 47.0 Å². The first-order chi connectivity index (χ1) is 14.5. The first-order valence-electron chi connectivity index (χ1n) is 8.91. The summed E-state index contributed by atoms with van der Waals surface area (Å²) in [6, 6.07) is 4.98. The zero-order valence-corrected chi connectivity index (χ0v) is 15.4. The summed E-state index contributed by atoms with van der Waals surface area (Å²) in [6.07, 6.45) is 0.758. The highest BCUT2D eigenvalue weighted by Crippen LogP contribution is 2.31. The third-order valence-corrected chi connectivity index (χ3v) is 4.63. The molecule has 0 saturated carbocycles. The minimum atomic E-state index is -0.829. The summed E-state index contributed by atoms with van der Waals surface area (Å²) in [5, 5.41) is 35.2. The van der Waals surface area contributed by atoms with Crippen molar-refractivity contribution in [2.45, 2.75) is 24.9 Å². The Bertz CT molecular complexity index is 1100. The number of anilines is 2. The average Bonchev–Trinajstić information content (AvgIpc) is 3.31. The Balaban J connectivity index is 1.55. The fourth-order valence-electron chi connectivity index (χ4n) is 3.20. The summed E-state index contributed by atoms with van der Waals surface area (Å²) in [7, 11) is 0. The highest BCUT2D eigenvalue weighted by molar-refractivity contribution is 6.03. The van der Waals surface area contributed by atoms with E-state index in [9.17, 15) is 25.1 Å². The van der Waals surface area contributed by atoms with Crippen molar-refractivity contribution in [3.63, 3.8) is 0 Å². The molecule has 0 bridgehead atoms. The normalized spacial score (nSPS) is 20.9. The van der Waals surface area contributed by atoms with E-state index in [2.05, 4.69) is 25.6 Å². The molecule has 4 N–H and O–H groups in total. The molecule has 30 heavy (non-hydrogen) atoms. The quantitative estimate of drug-likeness (QED) is 0.350. The highest BCUT2D eigenvalue weighted by atomic mass is 16.6. The lowest BCUT2D eigenvalue weighted by atomic mass is 10.2. The van der Waals surface area contributed by atoms with E-state index in [1.165, 1.54) is 30.9 Å². The number of urea groups is 1. The van der Waals surface area contributed by atoms with Gasteiger partial charge in [-0.05, 0) is 6.07 Å². The number of fused-ring (bicyclic) bond motifs is 1. The number of imidazole rings is 1. The SMILES string of the molecule is O=C(Nc1ccccc1[N+](=O)[O-])Nc1ncnc2c1ncn2[C@H]1C[C@@H](O)C(CO)O1. The van der Waals surface area contributed by atoms with Crippen LogP contribution in [0.15, 0.2) is 36.9 Å². The lowest BCUT2D eigenvalue weighted by Gasteiger charge is -2.13. The van der Waals surface area contributed by atoms with Crippen molar-refractivity contribution < 1.29 is 24.7 Å². The fourth-order valence-corrected chi connectivity index (χ4v) is 3.20. The van der Waals surface area contributed by atoms with Crippen LogP contribution in [-0.2, 0) is 4.74 Å². The molecule has 4 rings (SSSR count). The maximum Gasteiger partial charge on any atom is 0.325 e. The first kappa shape index (κ1) is 19.6. The summed E-state index contributed by atoms with van der Waals surface area (Å²) in [4.78, 5) is 35.2. The molecule has 0 spiro atoms. The second-order valence-corrected chi connectivity index (χ2v) is 6.51. The number of hydrogen-bond donors (Lipinski definition) is 4. The van der Waals surface area contributed by atoms with Crippen LogP contribution in [-0.4, -0.2) is 59.5 Å². The lowest BCUT2D eigenvalue weighted by Crippen LogP contribution is -2.24. The van der Waals surface area contributed by atoms with Gasteiger partial charge in [-0.3, -0.25) is 20.0 Å². The van der Waals surface area contributed by atoms with E-state index in [0.29, 0.717) is 5.65 Å². The summed E-state index contributed by atoms with van der Waals surface area (Å²) >= 11 is 0. The van der Waals surface area contributed by atoms with Crippen LogP contribution < -0.4 is 10.6 Å². The van der Waals surface area contributed by atoms with E-state index in [1.54, 1.807) is 10.6 Å². The molecule has 2 amide bonds. The predicted molar refractivity (Wildman–Crippen MR) is 103 cm³/mol. The Morgan fingerprint density at radius 2 is 2.10 bits per heavy atom. The Labute approximate surface area is 168 Å². The van der Waals surface area contributed by atoms with Gasteiger partial charge in [-0.25, -0.2) is 19.7 Å². The van der Waals surface area contributed by atoms with E-state index < -0.39 is 29.4 Å². The number of benzene rings is 1. The summed E-state index contributed by atoms with van der Waals surface area (Å²) < 4.78 is 7.18. The smallest absolute Gasteiger partial charge is 0.325 e. The standard InChI is InChI=1S/C17H17N7O6/c25-6-12-11(26)5-13(30-12)23-8-20-14-15(18-7-19-16(14)23)22-17(27)21-9-3-1-2-4-10(9)24(28)29/h1-4,7-8,11-13,25-26H,5-6H2,(H2,18,19,21,22,27)/t11-,12?,13-/m1/s1. The zero-order chi connectivity index (χ0) is 21.3. The number of carbonyl (C=O) groups is 1. The molecule has 3 heterocycles. The monoisotopic (exact) mass is 415 g/mol. The van der Waals surface area contributed by atoms with Crippen molar-refractivity contribution in [1.29, 1.82) is 0 Å². The maximum atomic E-state index is 12.4. The third-order valence-electron chi connectivity index (χ3n) is 4.63. The average molecular weight is 415 g/mol. The van der Waals surface area contributed by atoms with Gasteiger partial charge in [0.25, 0.3) is 5.69 Å². The number of nitrogens with zero attached hydrogens (tertiary/aromatic N) is 5. The minimum absolute atomic E-state index is 0.0271. The Morgan fingerprint density at radius 1 is 1.30 bits per heavy atom. The van der Waals surface area contributed by atoms with Gasteiger partial charge in [-0.1, -0.05) is 12.1 Å². The molecule has 0 radical (unpaired) electrons. The van der Waals surface area contributed by atoms with Crippen LogP contribution in [0.5, 0.6) is 0 Å². The van der Waals surface area contributed by atoms with Crippen molar-refractivity contribution in [2.75, 3.05) is 17.2 Å². The van der Waals surface area contributed by atoms with Crippen LogP contribution in [0.1, 0.15) is 12.6 Å². The molecule has 1 aliphatic rings. The van der Waals surface area contributed by atoms with Crippen LogP contribution in [0, 0.1) is 10.1 Å². The minimum Gasteiger partial charge on any atom is -0.394 e. The van der Waals surface area contributed by atoms with Gasteiger partial charge in [0.05, 0.1) is 24.0 Å². The van der Waals surface area contributed by atoms with E-state index in [1.807, 2.05) is 0 Å². The van der Waals surface area contributed by atoms with Gasteiger partial charge in [0, 0.05) is 12.5 Å². The molecule has 1 unspecified atom stereocenters. The van der Waals surface area contributed by atoms with Crippen molar-refractivity contribution in [1.82, 2.24) is 19.5 Å². The number of hydrogen-bond acceptors (Lipinski definition) is 9. The number of rotatable bonds is 5. The Hall–Kier alpha value is -3.68. The van der Waals surface area contributed by atoms with E-state index >= 15 is 0 Å². The van der Waals surface area contributed by atoms with Gasteiger partial charge < -0.3 is 20.3 Å². The first-order valence-corrected chi connectivity index (χ1v) is 8.91. The molecule has 1 fully saturated rings. The Kier molecular flexibility index (Phi) is 5.22. The zero-order valence-electron chi connectivity index (χ0n) is 15.4. The molecule has 3 aromatic rings. The molecule has 13 nitrogen and oxygen atoms in total. The number of aromatic nitrogens is 4. The summed E-state index contributed by atoms with van der Waals surface area (Å²) in [6.45, 7) is -0.322. The highest BCUT2D eigenvalue weighted by Gasteiger charge is 2.35. The van der Waals surface area contributed by atoms with E-state index in [0.717, 1.165) is 0 Å². The number of carbonyl (C=O) groups excluding carboxylic acids is 1. The number of aliphatic hydroxyl groups excluding tert-OH is 2. The predicted octanol–water partition coefficient (Wildman–Crippen LogP) is 1.02. The second-order valence-electron chi connectivity index (χ2n) is 6.51. The number of aliphatic hydroxyl groups is 2. The fraction of sp³-hybridized carbons (Fsp3) is 0.294. The second kappa shape index (κ2) is 7.98.